The molecule has 3 rings (SSSR count). The van der Waals surface area contributed by atoms with Crippen LogP contribution in [0.25, 0.3) is 0 Å². The van der Waals surface area contributed by atoms with Crippen molar-refractivity contribution in [2.24, 2.45) is 0 Å². The van der Waals surface area contributed by atoms with Gasteiger partial charge in [0.1, 0.15) is 12.4 Å². The maximum absolute atomic E-state index is 13.7. The number of hydrogen-bond donors (Lipinski definition) is 1. The molecule has 1 unspecified atom stereocenters. The lowest BCUT2D eigenvalue weighted by Gasteiger charge is -2.18. The first-order valence-corrected chi connectivity index (χ1v) is 11.8. The van der Waals surface area contributed by atoms with Gasteiger partial charge in [-0.05, 0) is 55.7 Å². The zero-order valence-corrected chi connectivity index (χ0v) is 18.2. The van der Waals surface area contributed by atoms with Crippen molar-refractivity contribution >= 4 is 15.9 Å². The van der Waals surface area contributed by atoms with Crippen molar-refractivity contribution in [2.45, 2.75) is 37.2 Å². The second-order valence-electron chi connectivity index (χ2n) is 7.17. The van der Waals surface area contributed by atoms with Gasteiger partial charge in [0.15, 0.2) is 17.7 Å². The molecule has 0 saturated carbocycles. The largest absolute Gasteiger partial charge is 0.492 e. The molecule has 2 aromatic rings. The van der Waals surface area contributed by atoms with Crippen molar-refractivity contribution in [2.75, 3.05) is 26.2 Å². The summed E-state index contributed by atoms with van der Waals surface area (Å²) in [7, 11) is -3.45. The predicted octanol–water partition coefficient (Wildman–Crippen LogP) is 2.96. The number of amides is 1. The van der Waals surface area contributed by atoms with E-state index in [9.17, 15) is 17.6 Å². The molecule has 1 N–H and O–H groups in total. The highest BCUT2D eigenvalue weighted by atomic mass is 32.2. The van der Waals surface area contributed by atoms with Crippen LogP contribution in [0.4, 0.5) is 4.39 Å². The molecule has 1 amide bonds. The molecular formula is C22H27FN2O5S. The van der Waals surface area contributed by atoms with Gasteiger partial charge in [-0.2, -0.15) is 4.31 Å². The van der Waals surface area contributed by atoms with Crippen LogP contribution >= 0.6 is 0 Å². The van der Waals surface area contributed by atoms with Crippen LogP contribution < -0.4 is 14.8 Å². The maximum atomic E-state index is 13.7. The highest BCUT2D eigenvalue weighted by molar-refractivity contribution is 7.89. The Hall–Kier alpha value is -2.65. The molecule has 0 aliphatic carbocycles. The van der Waals surface area contributed by atoms with Crippen LogP contribution in [-0.4, -0.2) is 51.0 Å². The number of carbonyl (C=O) groups is 1. The molecule has 1 fully saturated rings. The van der Waals surface area contributed by atoms with E-state index in [1.54, 1.807) is 31.2 Å². The average Bonchev–Trinajstić information content (AvgIpc) is 3.32. The molecule has 7 nitrogen and oxygen atoms in total. The zero-order chi connectivity index (χ0) is 22.3. The van der Waals surface area contributed by atoms with Crippen LogP contribution in [0.2, 0.25) is 0 Å². The third-order valence-electron chi connectivity index (χ3n) is 4.97. The standard InChI is InChI=1S/C22H27FN2O5S/c1-2-20(30-21-8-4-3-7-19(21)23)22(26)24-13-16-29-17-9-11-18(12-10-17)31(27,28)25-14-5-6-15-25/h3-4,7-12,20H,2,5-6,13-16H2,1H3,(H,24,26). The van der Waals surface area contributed by atoms with E-state index in [2.05, 4.69) is 5.32 Å². The molecule has 168 valence electrons. The van der Waals surface area contributed by atoms with E-state index < -0.39 is 21.9 Å². The van der Waals surface area contributed by atoms with E-state index in [0.29, 0.717) is 25.3 Å². The fourth-order valence-corrected chi connectivity index (χ4v) is 4.78. The van der Waals surface area contributed by atoms with Crippen LogP contribution in [0.1, 0.15) is 26.2 Å². The smallest absolute Gasteiger partial charge is 0.261 e. The first kappa shape index (κ1) is 23.0. The van der Waals surface area contributed by atoms with E-state index in [-0.39, 0.29) is 29.7 Å². The first-order valence-electron chi connectivity index (χ1n) is 10.3. The Morgan fingerprint density at radius 3 is 2.45 bits per heavy atom. The molecule has 1 aliphatic heterocycles. The summed E-state index contributed by atoms with van der Waals surface area (Å²) >= 11 is 0. The summed E-state index contributed by atoms with van der Waals surface area (Å²) in [5, 5.41) is 2.70. The van der Waals surface area contributed by atoms with Gasteiger partial charge in [-0.3, -0.25) is 4.79 Å². The summed E-state index contributed by atoms with van der Waals surface area (Å²) in [4.78, 5) is 12.5. The van der Waals surface area contributed by atoms with Crippen LogP contribution in [0, 0.1) is 5.82 Å². The van der Waals surface area contributed by atoms with E-state index in [0.717, 1.165) is 12.8 Å². The lowest BCUT2D eigenvalue weighted by atomic mass is 10.2. The van der Waals surface area contributed by atoms with Gasteiger partial charge in [-0.25, -0.2) is 12.8 Å². The van der Waals surface area contributed by atoms with Gasteiger partial charge in [0.25, 0.3) is 5.91 Å². The van der Waals surface area contributed by atoms with E-state index in [1.165, 1.54) is 28.6 Å². The van der Waals surface area contributed by atoms with Gasteiger partial charge in [0.2, 0.25) is 10.0 Å². The Morgan fingerprint density at radius 2 is 1.81 bits per heavy atom. The molecule has 31 heavy (non-hydrogen) atoms. The van der Waals surface area contributed by atoms with Crippen LogP contribution in [0.5, 0.6) is 11.5 Å². The number of ether oxygens (including phenoxy) is 2. The first-order chi connectivity index (χ1) is 14.9. The fourth-order valence-electron chi connectivity index (χ4n) is 3.26. The molecule has 9 heteroatoms. The van der Waals surface area contributed by atoms with Gasteiger partial charge >= 0.3 is 0 Å². The Morgan fingerprint density at radius 1 is 1.13 bits per heavy atom. The van der Waals surface area contributed by atoms with Crippen molar-refractivity contribution in [3.05, 3.63) is 54.3 Å². The van der Waals surface area contributed by atoms with Crippen molar-refractivity contribution < 1.29 is 27.1 Å². The summed E-state index contributed by atoms with van der Waals surface area (Å²) in [5.41, 5.74) is 0. The quantitative estimate of drug-likeness (QED) is 0.563. The van der Waals surface area contributed by atoms with Gasteiger partial charge in [-0.15, -0.1) is 0 Å². The number of carbonyl (C=O) groups excluding carboxylic acids is 1. The molecule has 0 radical (unpaired) electrons. The van der Waals surface area contributed by atoms with Crippen molar-refractivity contribution in [1.82, 2.24) is 9.62 Å². The van der Waals surface area contributed by atoms with E-state index in [1.807, 2.05) is 0 Å². The number of benzene rings is 2. The summed E-state index contributed by atoms with van der Waals surface area (Å²) in [6.45, 7) is 3.31. The van der Waals surface area contributed by atoms with Gasteiger partial charge in [0.05, 0.1) is 11.4 Å². The van der Waals surface area contributed by atoms with Gasteiger partial charge in [0, 0.05) is 13.1 Å². The number of nitrogens with one attached hydrogen (secondary N) is 1. The third-order valence-corrected chi connectivity index (χ3v) is 6.88. The zero-order valence-electron chi connectivity index (χ0n) is 17.4. The molecular weight excluding hydrogens is 423 g/mol. The number of nitrogens with zero attached hydrogens (tertiary/aromatic N) is 1. The Balaban J connectivity index is 1.45. The van der Waals surface area contributed by atoms with Crippen molar-refractivity contribution in [1.29, 1.82) is 0 Å². The summed E-state index contributed by atoms with van der Waals surface area (Å²) in [6, 6.07) is 12.2. The van der Waals surface area contributed by atoms with Gasteiger partial charge < -0.3 is 14.8 Å². The minimum absolute atomic E-state index is 0.0322. The lowest BCUT2D eigenvalue weighted by Crippen LogP contribution is -2.39. The van der Waals surface area contributed by atoms with Crippen molar-refractivity contribution in [3.8, 4) is 11.5 Å². The molecule has 1 atom stereocenters. The molecule has 0 bridgehead atoms. The highest BCUT2D eigenvalue weighted by Crippen LogP contribution is 2.23. The lowest BCUT2D eigenvalue weighted by molar-refractivity contribution is -0.128. The Bertz CT molecular complexity index is 976. The number of sulfonamides is 1. The molecule has 1 heterocycles. The van der Waals surface area contributed by atoms with Crippen LogP contribution in [0.15, 0.2) is 53.4 Å². The second-order valence-corrected chi connectivity index (χ2v) is 9.11. The summed E-state index contributed by atoms with van der Waals surface area (Å²) in [5.74, 6) is -0.345. The maximum Gasteiger partial charge on any atom is 0.261 e. The van der Waals surface area contributed by atoms with E-state index in [4.69, 9.17) is 9.47 Å². The Labute approximate surface area is 182 Å². The molecule has 1 saturated heterocycles. The number of rotatable bonds is 10. The predicted molar refractivity (Wildman–Crippen MR) is 114 cm³/mol. The fraction of sp³-hybridized carbons (Fsp3) is 0.409. The second kappa shape index (κ2) is 10.6. The SMILES string of the molecule is CCC(Oc1ccccc1F)C(=O)NCCOc1ccc(S(=O)(=O)N2CCCC2)cc1. The van der Waals surface area contributed by atoms with Crippen molar-refractivity contribution in [3.63, 3.8) is 0 Å². The van der Waals surface area contributed by atoms with Crippen LogP contribution in [0.3, 0.4) is 0 Å². The topological polar surface area (TPSA) is 84.9 Å². The number of hydrogen-bond acceptors (Lipinski definition) is 5. The normalized spacial score (nSPS) is 15.4. The summed E-state index contributed by atoms with van der Waals surface area (Å²) < 4.78 is 51.3. The third kappa shape index (κ3) is 5.95. The average molecular weight is 451 g/mol. The molecule has 1 aliphatic rings. The monoisotopic (exact) mass is 450 g/mol. The van der Waals surface area contributed by atoms with E-state index >= 15 is 0 Å². The minimum Gasteiger partial charge on any atom is -0.492 e. The number of halogens is 1. The van der Waals surface area contributed by atoms with Gasteiger partial charge in [-0.1, -0.05) is 19.1 Å². The number of para-hydroxylation sites is 1. The highest BCUT2D eigenvalue weighted by Gasteiger charge is 2.27. The molecule has 0 aromatic heterocycles. The minimum atomic E-state index is -3.45. The molecule has 0 spiro atoms. The Kier molecular flexibility index (Phi) is 7.86. The van der Waals surface area contributed by atoms with Crippen LogP contribution in [-0.2, 0) is 14.8 Å². The molecule has 2 aromatic carbocycles. The summed E-state index contributed by atoms with van der Waals surface area (Å²) in [6.07, 6.45) is 1.34.